The zero-order chi connectivity index (χ0) is 11.1. The second-order valence-electron chi connectivity index (χ2n) is 2.99. The van der Waals surface area contributed by atoms with Crippen molar-refractivity contribution in [3.63, 3.8) is 0 Å². The predicted molar refractivity (Wildman–Crippen MR) is 57.9 cm³/mol. The molecule has 1 amide bonds. The molecule has 1 unspecified atom stereocenters. The van der Waals surface area contributed by atoms with Crippen LogP contribution in [-0.4, -0.2) is 17.6 Å². The molecule has 1 atom stereocenters. The number of carbonyl (C=O) groups is 1. The third-order valence-electron chi connectivity index (χ3n) is 1.93. The van der Waals surface area contributed by atoms with Crippen LogP contribution in [0.5, 0.6) is 0 Å². The number of hydrogen-bond donors (Lipinski definition) is 2. The Hall–Kier alpha value is -1.79. The summed E-state index contributed by atoms with van der Waals surface area (Å²) in [5, 5.41) is 11.8. The molecule has 0 saturated heterocycles. The maximum atomic E-state index is 11.2. The maximum Gasteiger partial charge on any atom is 0.296 e. The van der Waals surface area contributed by atoms with E-state index in [2.05, 4.69) is 17.2 Å². The Bertz CT molecular complexity index is 376. The van der Waals surface area contributed by atoms with Crippen LogP contribution in [0.1, 0.15) is 18.5 Å². The van der Waals surface area contributed by atoms with Crippen molar-refractivity contribution < 1.29 is 9.90 Å². The first-order valence-electron chi connectivity index (χ1n) is 4.67. The van der Waals surface area contributed by atoms with Crippen LogP contribution in [0.4, 0.5) is 0 Å². The molecule has 0 aromatic heterocycles. The molecule has 3 nitrogen and oxygen atoms in total. The smallest absolute Gasteiger partial charge is 0.296 e. The molecule has 0 aliphatic carbocycles. The molecule has 1 aromatic rings. The molecule has 2 N–H and O–H groups in total. The summed E-state index contributed by atoms with van der Waals surface area (Å²) in [6.07, 6.45) is 0. The van der Waals surface area contributed by atoms with E-state index < -0.39 is 0 Å². The fourth-order valence-corrected chi connectivity index (χ4v) is 1.23. The number of aliphatic hydroxyl groups is 1. The lowest BCUT2D eigenvalue weighted by Gasteiger charge is -2.14. The van der Waals surface area contributed by atoms with Crippen molar-refractivity contribution in [2.75, 3.05) is 6.61 Å². The number of nitrogens with one attached hydrogen (secondary N) is 1. The topological polar surface area (TPSA) is 49.3 Å². The molecule has 0 saturated carbocycles. The normalized spacial score (nSPS) is 11.1. The molecular formula is C12H13NO2. The van der Waals surface area contributed by atoms with Crippen LogP contribution in [0, 0.1) is 11.8 Å². The monoisotopic (exact) mass is 203 g/mol. The number of carbonyl (C=O) groups excluding carboxylic acids is 1. The molecule has 15 heavy (non-hydrogen) atoms. The minimum atomic E-state index is -0.389. The summed E-state index contributed by atoms with van der Waals surface area (Å²) < 4.78 is 0. The highest BCUT2D eigenvalue weighted by molar-refractivity contribution is 5.93. The lowest BCUT2D eigenvalue weighted by Crippen LogP contribution is -2.29. The van der Waals surface area contributed by atoms with E-state index in [0.717, 1.165) is 5.56 Å². The lowest BCUT2D eigenvalue weighted by molar-refractivity contribution is -0.116. The standard InChI is InChI=1S/C12H13NO2/c1-2-6-12(15)13-11(9-14)10-7-4-3-5-8-10/h3-5,7-8,11,14H,9H2,1H3,(H,13,15). The van der Waals surface area contributed by atoms with Gasteiger partial charge in [0.1, 0.15) is 0 Å². The fourth-order valence-electron chi connectivity index (χ4n) is 1.23. The third kappa shape index (κ3) is 3.45. The zero-order valence-electron chi connectivity index (χ0n) is 8.53. The number of aliphatic hydroxyl groups excluding tert-OH is 1. The lowest BCUT2D eigenvalue weighted by atomic mass is 10.1. The van der Waals surface area contributed by atoms with E-state index >= 15 is 0 Å². The van der Waals surface area contributed by atoms with Gasteiger partial charge in [0, 0.05) is 0 Å². The highest BCUT2D eigenvalue weighted by Gasteiger charge is 2.11. The van der Waals surface area contributed by atoms with Crippen LogP contribution >= 0.6 is 0 Å². The molecule has 0 radical (unpaired) electrons. The van der Waals surface area contributed by atoms with Crippen molar-refractivity contribution in [3.8, 4) is 11.8 Å². The Kier molecular flexibility index (Phi) is 4.39. The Morgan fingerprint density at radius 3 is 2.67 bits per heavy atom. The van der Waals surface area contributed by atoms with Crippen LogP contribution in [0.2, 0.25) is 0 Å². The molecule has 0 bridgehead atoms. The van der Waals surface area contributed by atoms with Crippen LogP contribution in [0.15, 0.2) is 30.3 Å². The van der Waals surface area contributed by atoms with Gasteiger partial charge in [-0.15, -0.1) is 0 Å². The highest BCUT2D eigenvalue weighted by Crippen LogP contribution is 2.10. The van der Waals surface area contributed by atoms with Gasteiger partial charge in [-0.3, -0.25) is 4.79 Å². The highest BCUT2D eigenvalue weighted by atomic mass is 16.3. The van der Waals surface area contributed by atoms with E-state index in [-0.39, 0.29) is 18.6 Å². The third-order valence-corrected chi connectivity index (χ3v) is 1.93. The minimum absolute atomic E-state index is 0.138. The van der Waals surface area contributed by atoms with Gasteiger partial charge in [0.25, 0.3) is 5.91 Å². The van der Waals surface area contributed by atoms with Crippen molar-refractivity contribution in [3.05, 3.63) is 35.9 Å². The van der Waals surface area contributed by atoms with E-state index in [1.807, 2.05) is 30.3 Å². The number of amides is 1. The largest absolute Gasteiger partial charge is 0.394 e. The minimum Gasteiger partial charge on any atom is -0.394 e. The summed E-state index contributed by atoms with van der Waals surface area (Å²) in [5.74, 6) is 4.50. The van der Waals surface area contributed by atoms with Crippen molar-refractivity contribution >= 4 is 5.91 Å². The summed E-state index contributed by atoms with van der Waals surface area (Å²) in [6.45, 7) is 1.46. The van der Waals surface area contributed by atoms with Gasteiger partial charge in [0.2, 0.25) is 0 Å². The number of rotatable bonds is 3. The van der Waals surface area contributed by atoms with Crippen LogP contribution in [0.3, 0.4) is 0 Å². The fraction of sp³-hybridized carbons (Fsp3) is 0.250. The Labute approximate surface area is 89.1 Å². The molecule has 1 aromatic carbocycles. The Balaban J connectivity index is 2.72. The second-order valence-corrected chi connectivity index (χ2v) is 2.99. The van der Waals surface area contributed by atoms with Crippen molar-refractivity contribution in [1.29, 1.82) is 0 Å². The van der Waals surface area contributed by atoms with Gasteiger partial charge < -0.3 is 10.4 Å². The summed E-state index contributed by atoms with van der Waals surface area (Å²) >= 11 is 0. The van der Waals surface area contributed by atoms with Gasteiger partial charge in [-0.1, -0.05) is 36.3 Å². The van der Waals surface area contributed by atoms with Crippen molar-refractivity contribution in [2.24, 2.45) is 0 Å². The number of benzene rings is 1. The molecular weight excluding hydrogens is 190 g/mol. The average molecular weight is 203 g/mol. The molecule has 0 aliphatic heterocycles. The van der Waals surface area contributed by atoms with E-state index in [1.54, 1.807) is 6.92 Å². The summed E-state index contributed by atoms with van der Waals surface area (Å²) in [7, 11) is 0. The molecule has 1 rings (SSSR count). The molecule has 0 heterocycles. The predicted octanol–water partition coefficient (Wildman–Crippen LogP) is 0.860. The van der Waals surface area contributed by atoms with E-state index in [1.165, 1.54) is 0 Å². The van der Waals surface area contributed by atoms with E-state index in [0.29, 0.717) is 0 Å². The first-order chi connectivity index (χ1) is 7.27. The van der Waals surface area contributed by atoms with Crippen LogP contribution in [0.25, 0.3) is 0 Å². The molecule has 0 fully saturated rings. The van der Waals surface area contributed by atoms with E-state index in [9.17, 15) is 4.79 Å². The van der Waals surface area contributed by atoms with E-state index in [4.69, 9.17) is 5.11 Å². The average Bonchev–Trinajstić information content (AvgIpc) is 2.27. The SMILES string of the molecule is CC#CC(=O)NC(CO)c1ccccc1. The Morgan fingerprint density at radius 1 is 1.47 bits per heavy atom. The summed E-state index contributed by atoms with van der Waals surface area (Å²) in [6, 6.07) is 8.90. The Morgan fingerprint density at radius 2 is 2.13 bits per heavy atom. The first-order valence-corrected chi connectivity index (χ1v) is 4.67. The molecule has 78 valence electrons. The molecule has 3 heteroatoms. The van der Waals surface area contributed by atoms with Crippen LogP contribution in [-0.2, 0) is 4.79 Å². The van der Waals surface area contributed by atoms with Crippen LogP contribution < -0.4 is 5.32 Å². The molecule has 0 aliphatic rings. The zero-order valence-corrected chi connectivity index (χ0v) is 8.53. The summed E-state index contributed by atoms with van der Waals surface area (Å²) in [5.41, 5.74) is 0.867. The second kappa shape index (κ2) is 5.84. The summed E-state index contributed by atoms with van der Waals surface area (Å²) in [4.78, 5) is 11.2. The molecule has 0 spiro atoms. The maximum absolute atomic E-state index is 11.2. The van der Waals surface area contributed by atoms with Gasteiger partial charge in [0.05, 0.1) is 12.6 Å². The number of hydrogen-bond acceptors (Lipinski definition) is 2. The first kappa shape index (κ1) is 11.3. The van der Waals surface area contributed by atoms with Crippen molar-refractivity contribution in [2.45, 2.75) is 13.0 Å². The van der Waals surface area contributed by atoms with Gasteiger partial charge in [0.15, 0.2) is 0 Å². The van der Waals surface area contributed by atoms with Crippen molar-refractivity contribution in [1.82, 2.24) is 5.32 Å². The quantitative estimate of drug-likeness (QED) is 0.716. The van der Waals surface area contributed by atoms with Gasteiger partial charge in [-0.25, -0.2) is 0 Å². The van der Waals surface area contributed by atoms with Gasteiger partial charge >= 0.3 is 0 Å². The van der Waals surface area contributed by atoms with Gasteiger partial charge in [-0.05, 0) is 18.4 Å². The van der Waals surface area contributed by atoms with Gasteiger partial charge in [-0.2, -0.15) is 0 Å².